The number of rotatable bonds is 3. The number of aromatic nitrogens is 2. The van der Waals surface area contributed by atoms with Crippen molar-refractivity contribution in [2.75, 3.05) is 4.90 Å². The van der Waals surface area contributed by atoms with Crippen molar-refractivity contribution in [1.82, 2.24) is 9.78 Å². The molecule has 0 saturated heterocycles. The Labute approximate surface area is 167 Å². The molecule has 0 spiro atoms. The summed E-state index contributed by atoms with van der Waals surface area (Å²) in [4.78, 5) is 15.0. The first-order valence-corrected chi connectivity index (χ1v) is 9.40. The minimum Gasteiger partial charge on any atom is -0.273 e. The largest absolute Gasteiger partial charge is 0.273 e. The highest BCUT2D eigenvalue weighted by Gasteiger charge is 2.35. The molecule has 0 N–H and O–H groups in total. The lowest BCUT2D eigenvalue weighted by Crippen LogP contribution is -2.21. The van der Waals surface area contributed by atoms with Gasteiger partial charge in [-0.2, -0.15) is 5.10 Å². The minimum absolute atomic E-state index is 0.158. The van der Waals surface area contributed by atoms with Crippen LogP contribution in [0, 0.1) is 6.92 Å². The van der Waals surface area contributed by atoms with Gasteiger partial charge in [0.25, 0.3) is 5.91 Å². The third kappa shape index (κ3) is 2.85. The molecule has 4 nitrogen and oxygen atoms in total. The number of fused-ring (bicyclic) bond motifs is 1. The average molecular weight is 398 g/mol. The van der Waals surface area contributed by atoms with Crippen LogP contribution in [0.1, 0.15) is 23.7 Å². The number of para-hydroxylation sites is 2. The number of amides is 1. The second-order valence-electron chi connectivity index (χ2n) is 6.29. The van der Waals surface area contributed by atoms with E-state index < -0.39 is 0 Å². The van der Waals surface area contributed by atoms with Gasteiger partial charge in [0, 0.05) is 23.4 Å². The molecule has 0 atom stereocenters. The van der Waals surface area contributed by atoms with Gasteiger partial charge in [0.15, 0.2) is 0 Å². The fourth-order valence-electron chi connectivity index (χ4n) is 3.38. The summed E-state index contributed by atoms with van der Waals surface area (Å²) in [7, 11) is 0. The van der Waals surface area contributed by atoms with Crippen molar-refractivity contribution >= 4 is 52.1 Å². The molecule has 0 aliphatic carbocycles. The van der Waals surface area contributed by atoms with E-state index in [-0.39, 0.29) is 5.91 Å². The van der Waals surface area contributed by atoms with Crippen LogP contribution in [-0.4, -0.2) is 15.7 Å². The highest BCUT2D eigenvalue weighted by molar-refractivity contribution is 6.44. The average Bonchev–Trinajstić information content (AvgIpc) is 3.14. The minimum atomic E-state index is -0.158. The fourth-order valence-corrected chi connectivity index (χ4v) is 3.95. The van der Waals surface area contributed by atoms with E-state index in [1.54, 1.807) is 29.3 Å². The third-order valence-electron chi connectivity index (χ3n) is 4.77. The topological polar surface area (TPSA) is 38.1 Å². The van der Waals surface area contributed by atoms with Crippen molar-refractivity contribution in [3.63, 3.8) is 0 Å². The molecule has 4 rings (SSSR count). The van der Waals surface area contributed by atoms with Crippen LogP contribution in [0.15, 0.2) is 48.7 Å². The zero-order chi connectivity index (χ0) is 19.1. The van der Waals surface area contributed by atoms with E-state index in [1.807, 2.05) is 48.9 Å². The monoisotopic (exact) mass is 397 g/mol. The molecule has 0 unspecified atom stereocenters. The maximum Gasteiger partial charge on any atom is 0.263 e. The summed E-state index contributed by atoms with van der Waals surface area (Å²) in [5, 5.41) is 5.23. The lowest BCUT2D eigenvalue weighted by atomic mass is 10.0. The molecule has 1 aromatic heterocycles. The second-order valence-corrected chi connectivity index (χ2v) is 7.10. The van der Waals surface area contributed by atoms with Crippen molar-refractivity contribution in [2.24, 2.45) is 0 Å². The van der Waals surface area contributed by atoms with Gasteiger partial charge in [-0.1, -0.05) is 47.5 Å². The first kappa shape index (κ1) is 17.8. The van der Waals surface area contributed by atoms with Gasteiger partial charge in [0.2, 0.25) is 0 Å². The summed E-state index contributed by atoms with van der Waals surface area (Å²) < 4.78 is 1.90. The van der Waals surface area contributed by atoms with E-state index in [2.05, 4.69) is 5.10 Å². The number of aryl methyl sites for hydroxylation is 1. The Balaban J connectivity index is 1.90. The maximum absolute atomic E-state index is 13.4. The molecule has 1 amide bonds. The molecule has 2 aromatic carbocycles. The van der Waals surface area contributed by atoms with Crippen LogP contribution in [0.5, 0.6) is 0 Å². The molecule has 2 heterocycles. The number of anilines is 2. The van der Waals surface area contributed by atoms with Crippen molar-refractivity contribution < 1.29 is 4.79 Å². The molecule has 0 saturated carbocycles. The first-order chi connectivity index (χ1) is 13.0. The van der Waals surface area contributed by atoms with Gasteiger partial charge in [-0.3, -0.25) is 14.4 Å². The number of benzene rings is 2. The molecule has 1 aliphatic heterocycles. The van der Waals surface area contributed by atoms with Crippen molar-refractivity contribution in [1.29, 1.82) is 0 Å². The van der Waals surface area contributed by atoms with Gasteiger partial charge in [-0.25, -0.2) is 0 Å². The number of carbonyl (C=O) groups excluding carboxylic acids is 1. The predicted molar refractivity (Wildman–Crippen MR) is 111 cm³/mol. The highest BCUT2D eigenvalue weighted by Crippen LogP contribution is 2.46. The van der Waals surface area contributed by atoms with Gasteiger partial charge in [-0.15, -0.1) is 0 Å². The maximum atomic E-state index is 13.4. The van der Waals surface area contributed by atoms with Crippen LogP contribution in [0.4, 0.5) is 11.4 Å². The van der Waals surface area contributed by atoms with Crippen LogP contribution in [0.2, 0.25) is 10.0 Å². The molecular formula is C21H17Cl2N3O. The Morgan fingerprint density at radius 1 is 1.07 bits per heavy atom. The zero-order valence-electron chi connectivity index (χ0n) is 14.9. The fraction of sp³-hybridized carbons (Fsp3) is 0.143. The number of nitrogens with zero attached hydrogens (tertiary/aromatic N) is 3. The van der Waals surface area contributed by atoms with E-state index >= 15 is 0 Å². The number of halogens is 2. The smallest absolute Gasteiger partial charge is 0.263 e. The van der Waals surface area contributed by atoms with Crippen LogP contribution in [-0.2, 0) is 11.3 Å². The highest BCUT2D eigenvalue weighted by atomic mass is 35.5. The summed E-state index contributed by atoms with van der Waals surface area (Å²) in [6.45, 7) is 4.81. The standard InChI is InChI=1S/C21H17Cl2N3O/c1-3-25-13(2)14(12-24-25)11-16-15-7-4-5-10-19(15)26(21(16)27)20-17(22)8-6-9-18(20)23/h4-12H,3H2,1-2H3/b16-11-. The van der Waals surface area contributed by atoms with Crippen molar-refractivity contribution in [3.8, 4) is 0 Å². The van der Waals surface area contributed by atoms with E-state index in [1.165, 1.54) is 0 Å². The van der Waals surface area contributed by atoms with Gasteiger partial charge in [0.05, 0.1) is 33.2 Å². The molecule has 0 fully saturated rings. The molecule has 1 aliphatic rings. The predicted octanol–water partition coefficient (Wildman–Crippen LogP) is 5.74. The Kier molecular flexibility index (Phi) is 4.54. The third-order valence-corrected chi connectivity index (χ3v) is 5.38. The summed E-state index contributed by atoms with van der Waals surface area (Å²) in [5.41, 5.74) is 4.65. The summed E-state index contributed by atoms with van der Waals surface area (Å²) in [6.07, 6.45) is 3.67. The van der Waals surface area contributed by atoms with Gasteiger partial charge in [0.1, 0.15) is 0 Å². The van der Waals surface area contributed by atoms with Crippen LogP contribution in [0.25, 0.3) is 11.6 Å². The Bertz CT molecular complexity index is 1060. The Hall–Kier alpha value is -2.56. The van der Waals surface area contributed by atoms with E-state index in [4.69, 9.17) is 23.2 Å². The van der Waals surface area contributed by atoms with Crippen LogP contribution in [0.3, 0.4) is 0 Å². The van der Waals surface area contributed by atoms with E-state index in [9.17, 15) is 4.79 Å². The zero-order valence-corrected chi connectivity index (χ0v) is 16.4. The molecule has 0 bridgehead atoms. The van der Waals surface area contributed by atoms with Gasteiger partial charge in [-0.05, 0) is 38.1 Å². The Morgan fingerprint density at radius 2 is 1.78 bits per heavy atom. The lowest BCUT2D eigenvalue weighted by Gasteiger charge is -2.20. The van der Waals surface area contributed by atoms with E-state index in [0.717, 1.165) is 29.1 Å². The molecule has 6 heteroatoms. The summed E-state index contributed by atoms with van der Waals surface area (Å²) in [5.74, 6) is -0.158. The van der Waals surface area contributed by atoms with Gasteiger partial charge < -0.3 is 0 Å². The molecule has 3 aromatic rings. The van der Waals surface area contributed by atoms with Crippen molar-refractivity contribution in [3.05, 3.63) is 75.5 Å². The van der Waals surface area contributed by atoms with Crippen molar-refractivity contribution in [2.45, 2.75) is 20.4 Å². The second kappa shape index (κ2) is 6.87. The molecule has 136 valence electrons. The normalized spacial score (nSPS) is 14.9. The summed E-state index contributed by atoms with van der Waals surface area (Å²) >= 11 is 12.8. The summed E-state index contributed by atoms with van der Waals surface area (Å²) in [6, 6.07) is 12.9. The number of hydrogen-bond acceptors (Lipinski definition) is 2. The molecular weight excluding hydrogens is 381 g/mol. The number of carbonyl (C=O) groups is 1. The van der Waals surface area contributed by atoms with Crippen LogP contribution < -0.4 is 4.90 Å². The number of hydrogen-bond donors (Lipinski definition) is 0. The van der Waals surface area contributed by atoms with Gasteiger partial charge >= 0.3 is 0 Å². The quantitative estimate of drug-likeness (QED) is 0.528. The molecule has 27 heavy (non-hydrogen) atoms. The lowest BCUT2D eigenvalue weighted by molar-refractivity contribution is -0.112. The molecule has 0 radical (unpaired) electrons. The first-order valence-electron chi connectivity index (χ1n) is 8.65. The SMILES string of the molecule is CCn1ncc(/C=C2\C(=O)N(c3c(Cl)cccc3Cl)c3ccccc32)c1C. The Morgan fingerprint density at radius 3 is 2.44 bits per heavy atom. The van der Waals surface area contributed by atoms with E-state index in [0.29, 0.717) is 21.3 Å². The van der Waals surface area contributed by atoms with Crippen LogP contribution >= 0.6 is 23.2 Å².